The Labute approximate surface area is 129 Å². The lowest BCUT2D eigenvalue weighted by Gasteiger charge is -2.26. The minimum atomic E-state index is -0.0370. The van der Waals surface area contributed by atoms with Crippen LogP contribution in [0, 0.1) is 5.41 Å². The predicted molar refractivity (Wildman–Crippen MR) is 85.7 cm³/mol. The number of hydrogen-bond donors (Lipinski definition) is 1. The molecule has 3 rings (SSSR count). The van der Waals surface area contributed by atoms with Crippen LogP contribution in [0.1, 0.15) is 36.0 Å². The van der Waals surface area contributed by atoms with Crippen molar-refractivity contribution in [3.63, 3.8) is 0 Å². The molecule has 1 saturated carbocycles. The first-order valence-electron chi connectivity index (χ1n) is 7.42. The van der Waals surface area contributed by atoms with E-state index in [0.717, 1.165) is 23.7 Å². The van der Waals surface area contributed by atoms with Crippen LogP contribution in [0.5, 0.6) is 0 Å². The smallest absolute Gasteiger partial charge is 0.252 e. The molecule has 0 radical (unpaired) electrons. The van der Waals surface area contributed by atoms with E-state index >= 15 is 0 Å². The van der Waals surface area contributed by atoms with E-state index in [1.165, 1.54) is 12.8 Å². The predicted octanol–water partition coefficient (Wildman–Crippen LogP) is 3.76. The van der Waals surface area contributed by atoms with Crippen LogP contribution in [0.15, 0.2) is 36.5 Å². The van der Waals surface area contributed by atoms with Gasteiger partial charge in [0, 0.05) is 29.4 Å². The van der Waals surface area contributed by atoms with Gasteiger partial charge in [0.1, 0.15) is 0 Å². The molecule has 0 unspecified atom stereocenters. The van der Waals surface area contributed by atoms with Crippen molar-refractivity contribution >= 4 is 28.4 Å². The zero-order valence-electron chi connectivity index (χ0n) is 11.9. The summed E-state index contributed by atoms with van der Waals surface area (Å²) < 4.78 is 0. The Balaban J connectivity index is 1.78. The highest BCUT2D eigenvalue weighted by molar-refractivity contribution is 6.18. The van der Waals surface area contributed by atoms with Gasteiger partial charge in [-0.1, -0.05) is 31.0 Å². The molecule has 1 aliphatic rings. The maximum absolute atomic E-state index is 12.5. The largest absolute Gasteiger partial charge is 0.351 e. The summed E-state index contributed by atoms with van der Waals surface area (Å²) in [5.74, 6) is 0.578. The van der Waals surface area contributed by atoms with Crippen LogP contribution < -0.4 is 5.32 Å². The SMILES string of the molecule is O=C(NCC1(CCl)CCCC1)c1ccnc2ccccc12. The fraction of sp³-hybridized carbons (Fsp3) is 0.412. The Morgan fingerprint density at radius 1 is 1.24 bits per heavy atom. The van der Waals surface area contributed by atoms with Gasteiger partial charge < -0.3 is 5.32 Å². The zero-order valence-corrected chi connectivity index (χ0v) is 12.7. The van der Waals surface area contributed by atoms with Gasteiger partial charge in [-0.2, -0.15) is 0 Å². The van der Waals surface area contributed by atoms with Crippen molar-refractivity contribution in [3.05, 3.63) is 42.1 Å². The lowest BCUT2D eigenvalue weighted by molar-refractivity contribution is 0.0936. The average Bonchev–Trinajstić information content (AvgIpc) is 3.01. The summed E-state index contributed by atoms with van der Waals surface area (Å²) in [5, 5.41) is 3.97. The van der Waals surface area contributed by atoms with Crippen LogP contribution in [0.2, 0.25) is 0 Å². The van der Waals surface area contributed by atoms with Crippen molar-refractivity contribution in [2.45, 2.75) is 25.7 Å². The summed E-state index contributed by atoms with van der Waals surface area (Å²) in [5.41, 5.74) is 1.61. The monoisotopic (exact) mass is 302 g/mol. The molecule has 1 amide bonds. The van der Waals surface area contributed by atoms with Gasteiger partial charge in [0.05, 0.1) is 11.1 Å². The number of halogens is 1. The third kappa shape index (κ3) is 2.88. The van der Waals surface area contributed by atoms with Gasteiger partial charge in [-0.15, -0.1) is 11.6 Å². The number of benzene rings is 1. The van der Waals surface area contributed by atoms with E-state index in [4.69, 9.17) is 11.6 Å². The average molecular weight is 303 g/mol. The van der Waals surface area contributed by atoms with Crippen LogP contribution in [0.3, 0.4) is 0 Å². The molecule has 3 nitrogen and oxygen atoms in total. The molecule has 1 aromatic heterocycles. The lowest BCUT2D eigenvalue weighted by atomic mass is 9.88. The van der Waals surface area contributed by atoms with E-state index in [9.17, 15) is 4.79 Å². The molecule has 1 aromatic carbocycles. The van der Waals surface area contributed by atoms with Crippen molar-refractivity contribution < 1.29 is 4.79 Å². The van der Waals surface area contributed by atoms with Gasteiger partial charge in [0.2, 0.25) is 0 Å². The first kappa shape index (κ1) is 14.3. The number of amides is 1. The van der Waals surface area contributed by atoms with Gasteiger partial charge in [-0.25, -0.2) is 0 Å². The third-order valence-electron chi connectivity index (χ3n) is 4.47. The molecule has 110 valence electrons. The minimum absolute atomic E-state index is 0.0370. The number of alkyl halides is 1. The normalized spacial score (nSPS) is 17.0. The second-order valence-corrected chi connectivity index (χ2v) is 6.17. The van der Waals surface area contributed by atoms with Crippen LogP contribution in [0.4, 0.5) is 0 Å². The summed E-state index contributed by atoms with van der Waals surface area (Å²) in [6.45, 7) is 0.659. The number of hydrogen-bond acceptors (Lipinski definition) is 2. The fourth-order valence-electron chi connectivity index (χ4n) is 3.14. The maximum atomic E-state index is 12.5. The summed E-state index contributed by atoms with van der Waals surface area (Å²) >= 11 is 6.13. The number of nitrogens with zero attached hydrogens (tertiary/aromatic N) is 1. The van der Waals surface area contributed by atoms with Gasteiger partial charge >= 0.3 is 0 Å². The molecule has 0 aliphatic heterocycles. The Morgan fingerprint density at radius 2 is 2.00 bits per heavy atom. The van der Waals surface area contributed by atoms with Crippen LogP contribution in [-0.2, 0) is 0 Å². The van der Waals surface area contributed by atoms with E-state index in [2.05, 4.69) is 10.3 Å². The molecule has 1 fully saturated rings. The van der Waals surface area contributed by atoms with E-state index in [1.54, 1.807) is 12.3 Å². The quantitative estimate of drug-likeness (QED) is 0.874. The number of carbonyl (C=O) groups excluding carboxylic acids is 1. The summed E-state index contributed by atoms with van der Waals surface area (Å²) in [6.07, 6.45) is 6.31. The van der Waals surface area contributed by atoms with E-state index in [1.807, 2.05) is 24.3 Å². The lowest BCUT2D eigenvalue weighted by Crippen LogP contribution is -2.37. The number of aromatic nitrogens is 1. The Hall–Kier alpha value is -1.61. The molecule has 1 heterocycles. The molecule has 1 N–H and O–H groups in total. The van der Waals surface area contributed by atoms with Crippen molar-refractivity contribution in [2.75, 3.05) is 12.4 Å². The molecule has 4 heteroatoms. The Kier molecular flexibility index (Phi) is 4.11. The van der Waals surface area contributed by atoms with E-state index in [-0.39, 0.29) is 11.3 Å². The van der Waals surface area contributed by atoms with Gasteiger partial charge in [0.15, 0.2) is 0 Å². The highest BCUT2D eigenvalue weighted by atomic mass is 35.5. The molecule has 1 aliphatic carbocycles. The number of rotatable bonds is 4. The second-order valence-electron chi connectivity index (χ2n) is 5.90. The number of para-hydroxylation sites is 1. The highest BCUT2D eigenvalue weighted by Crippen LogP contribution is 2.38. The number of carbonyl (C=O) groups is 1. The topological polar surface area (TPSA) is 42.0 Å². The molecular weight excluding hydrogens is 284 g/mol. The van der Waals surface area contributed by atoms with Crippen LogP contribution in [0.25, 0.3) is 10.9 Å². The van der Waals surface area contributed by atoms with Crippen molar-refractivity contribution in [1.82, 2.24) is 10.3 Å². The molecular formula is C17H19ClN2O. The van der Waals surface area contributed by atoms with Gasteiger partial charge in [0.25, 0.3) is 5.91 Å². The number of pyridine rings is 1. The molecule has 21 heavy (non-hydrogen) atoms. The molecule has 2 aromatic rings. The minimum Gasteiger partial charge on any atom is -0.351 e. The fourth-order valence-corrected chi connectivity index (χ4v) is 3.50. The summed E-state index contributed by atoms with van der Waals surface area (Å²) in [4.78, 5) is 16.8. The Bertz CT molecular complexity index is 645. The highest BCUT2D eigenvalue weighted by Gasteiger charge is 2.33. The number of fused-ring (bicyclic) bond motifs is 1. The van der Waals surface area contributed by atoms with E-state index < -0.39 is 0 Å². The molecule has 0 spiro atoms. The van der Waals surface area contributed by atoms with Crippen LogP contribution in [-0.4, -0.2) is 23.3 Å². The third-order valence-corrected chi connectivity index (χ3v) is 5.03. The maximum Gasteiger partial charge on any atom is 0.252 e. The second kappa shape index (κ2) is 6.02. The summed E-state index contributed by atoms with van der Waals surface area (Å²) in [6, 6.07) is 9.49. The number of nitrogens with one attached hydrogen (secondary N) is 1. The van der Waals surface area contributed by atoms with Gasteiger partial charge in [-0.05, 0) is 25.0 Å². The van der Waals surface area contributed by atoms with Crippen molar-refractivity contribution in [3.8, 4) is 0 Å². The standard InChI is InChI=1S/C17H19ClN2O/c18-11-17(8-3-4-9-17)12-20-16(21)14-7-10-19-15-6-2-1-5-13(14)15/h1-2,5-7,10H,3-4,8-9,11-12H2,(H,20,21). The van der Waals surface area contributed by atoms with Crippen molar-refractivity contribution in [1.29, 1.82) is 0 Å². The van der Waals surface area contributed by atoms with Crippen LogP contribution >= 0.6 is 11.6 Å². The summed E-state index contributed by atoms with van der Waals surface area (Å²) in [7, 11) is 0. The Morgan fingerprint density at radius 3 is 2.76 bits per heavy atom. The molecule has 0 saturated heterocycles. The van der Waals surface area contributed by atoms with E-state index in [0.29, 0.717) is 18.0 Å². The molecule has 0 atom stereocenters. The molecule has 0 bridgehead atoms. The first-order valence-corrected chi connectivity index (χ1v) is 7.95. The van der Waals surface area contributed by atoms with Crippen molar-refractivity contribution in [2.24, 2.45) is 5.41 Å². The zero-order chi connectivity index (χ0) is 14.7. The van der Waals surface area contributed by atoms with Gasteiger partial charge in [-0.3, -0.25) is 9.78 Å². The first-order chi connectivity index (χ1) is 10.2.